The van der Waals surface area contributed by atoms with Crippen molar-refractivity contribution in [3.8, 4) is 0 Å². The van der Waals surface area contributed by atoms with Gasteiger partial charge in [0.05, 0.1) is 37.9 Å². The molecule has 864 valence electrons. The average Bonchev–Trinajstić information content (AvgIpc) is 1.77. The normalized spacial score (nSPS) is 23.4. The Bertz CT molecular complexity index is 3660. The van der Waals surface area contributed by atoms with Gasteiger partial charge >= 0.3 is 11.9 Å². The number of piperidine rings is 4. The van der Waals surface area contributed by atoms with Gasteiger partial charge in [-0.2, -0.15) is 0 Å². The molecule has 30 nitrogen and oxygen atoms in total. The topological polar surface area (TPSA) is 332 Å². The molecule has 12 aliphatic heterocycles. The molecule has 12 heterocycles. The third kappa shape index (κ3) is 54.2. The van der Waals surface area contributed by atoms with E-state index in [4.69, 9.17) is 19.7 Å². The van der Waals surface area contributed by atoms with Gasteiger partial charge in [-0.3, -0.25) is 57.5 Å². The number of rotatable bonds is 19. The number of aliphatic carboxylic acids is 2. The number of carboxylic acid groups (broad SMARTS) is 2. The first-order chi connectivity index (χ1) is 69.2. The molecular weight excluding hydrogens is 1870 g/mol. The maximum absolute atomic E-state index is 11.8. The molecule has 0 radical (unpaired) electrons. The molecule has 12 saturated heterocycles. The van der Waals surface area contributed by atoms with Crippen LogP contribution in [0.15, 0.2) is 0 Å². The molecule has 0 bridgehead atoms. The maximum atomic E-state index is 11.8. The van der Waals surface area contributed by atoms with Crippen molar-refractivity contribution in [2.45, 2.75) is 458 Å². The van der Waals surface area contributed by atoms with Crippen molar-refractivity contribution < 1.29 is 82.0 Å². The summed E-state index contributed by atoms with van der Waals surface area (Å²) < 4.78 is 10.6. The van der Waals surface area contributed by atoms with Crippen molar-refractivity contribution in [1.29, 1.82) is 0 Å². The van der Waals surface area contributed by atoms with Gasteiger partial charge < -0.3 is 83.8 Å². The fraction of sp³-hybridized carbons (Fsp3) is 0.890. The molecule has 0 aromatic rings. The van der Waals surface area contributed by atoms with Crippen molar-refractivity contribution >= 4 is 76.9 Å². The summed E-state index contributed by atoms with van der Waals surface area (Å²) in [6.45, 7) is 93.8. The quantitative estimate of drug-likeness (QED) is 0.108. The summed E-state index contributed by atoms with van der Waals surface area (Å²) in [4.78, 5) is 172. The Kier molecular flexibility index (Phi) is 72.1. The van der Waals surface area contributed by atoms with Crippen molar-refractivity contribution in [2.24, 2.45) is 88.8 Å². The fourth-order valence-corrected chi connectivity index (χ4v) is 19.7. The Hall–Kier alpha value is -7.05. The molecular formula is C118H225N13O17. The van der Waals surface area contributed by atoms with Gasteiger partial charge in [0.15, 0.2) is 0 Å². The number of nitrogens with zero attached hydrogens (tertiary/aromatic N) is 12. The van der Waals surface area contributed by atoms with Gasteiger partial charge in [-0.1, -0.05) is 208 Å². The van der Waals surface area contributed by atoms with Crippen molar-refractivity contribution in [1.82, 2.24) is 64.1 Å². The van der Waals surface area contributed by atoms with E-state index in [9.17, 15) is 62.3 Å². The van der Waals surface area contributed by atoms with Crippen LogP contribution in [0.2, 0.25) is 0 Å². The lowest BCUT2D eigenvalue weighted by atomic mass is 9.96. The van der Waals surface area contributed by atoms with Gasteiger partial charge in [-0.15, -0.1) is 0 Å². The smallest absolute Gasteiger partial charge is 0.326 e. The minimum atomic E-state index is -0.876. The SMILES string of the molecule is CC(C)C(=O)N1CCC(C(=O)O)CC1.CC(C)C(=O)N1CCC1C.CC(C)C(=O)N1CCCCC1C(=O)O.CC(C)C(=O)N1CCC[C@@H]1C.CC(C)C(=O)N1CCC[C@H]1C.CC(C)C(=O)N1CCOCC1C.CC1CCCN(C(=O)C(C)C)C1.CC1CCN(C(=O)C(C)C)C1.CC1CCN(C(C)C)C1.CC1CN(C(=O)C(C)C)CCO1.CCC1CCCCN1C(=O)C(C)C.CCC1CCCN1C(=O)C(C)C.CCCNC(C)C. The number of carboxylic acids is 2. The molecule has 12 rings (SSSR count). The highest BCUT2D eigenvalue weighted by Gasteiger charge is 2.38. The minimum absolute atomic E-state index is 0.0105. The Balaban J connectivity index is 0.00000159. The van der Waals surface area contributed by atoms with E-state index < -0.39 is 18.0 Å². The number of hydrogen-bond donors (Lipinski definition) is 3. The van der Waals surface area contributed by atoms with Crippen LogP contribution in [-0.2, 0) is 71.8 Å². The summed E-state index contributed by atoms with van der Waals surface area (Å²) >= 11 is 0. The summed E-state index contributed by atoms with van der Waals surface area (Å²) in [7, 11) is 0. The molecule has 148 heavy (non-hydrogen) atoms. The molecule has 11 atom stereocenters. The second kappa shape index (κ2) is 75.7. The fourth-order valence-electron chi connectivity index (χ4n) is 19.7. The van der Waals surface area contributed by atoms with Gasteiger partial charge in [0.2, 0.25) is 65.0 Å². The van der Waals surface area contributed by atoms with Crippen molar-refractivity contribution in [2.75, 3.05) is 138 Å². The van der Waals surface area contributed by atoms with Crippen LogP contribution < -0.4 is 5.32 Å². The van der Waals surface area contributed by atoms with E-state index in [-0.39, 0.29) is 107 Å². The van der Waals surface area contributed by atoms with Gasteiger partial charge in [-0.05, 0) is 221 Å². The van der Waals surface area contributed by atoms with Crippen LogP contribution in [0.3, 0.4) is 0 Å². The summed E-state index contributed by atoms with van der Waals surface area (Å²) in [6.07, 6.45) is 24.3. The van der Waals surface area contributed by atoms with E-state index in [1.54, 1.807) is 18.7 Å². The highest BCUT2D eigenvalue weighted by atomic mass is 16.5. The second-order valence-corrected chi connectivity index (χ2v) is 47.8. The molecule has 0 saturated carbocycles. The second-order valence-electron chi connectivity index (χ2n) is 47.8. The summed E-state index contributed by atoms with van der Waals surface area (Å²) in [5.41, 5.74) is 0. The molecule has 0 aromatic heterocycles. The predicted molar refractivity (Wildman–Crippen MR) is 602 cm³/mol. The molecule has 30 heteroatoms. The number of morpholine rings is 2. The average molecular weight is 2100 g/mol. The maximum Gasteiger partial charge on any atom is 0.326 e. The van der Waals surface area contributed by atoms with Gasteiger partial charge in [0, 0.05) is 212 Å². The number of likely N-dealkylation sites (tertiary alicyclic amines) is 10. The number of amides is 11. The predicted octanol–water partition coefficient (Wildman–Crippen LogP) is 19.4. The van der Waals surface area contributed by atoms with Gasteiger partial charge in [0.25, 0.3) is 0 Å². The molecule has 12 aliphatic rings. The molecule has 9 unspecified atom stereocenters. The van der Waals surface area contributed by atoms with Crippen LogP contribution in [0, 0.1) is 88.8 Å². The Morgan fingerprint density at radius 1 is 0.284 bits per heavy atom. The third-order valence-corrected chi connectivity index (χ3v) is 29.3. The van der Waals surface area contributed by atoms with Crippen molar-refractivity contribution in [3.63, 3.8) is 0 Å². The lowest BCUT2D eigenvalue weighted by molar-refractivity contribution is -0.153. The molecule has 3 N–H and O–H groups in total. The van der Waals surface area contributed by atoms with Crippen LogP contribution in [-0.4, -0.2) is 344 Å². The number of carbonyl (C=O) groups excluding carboxylic acids is 11. The molecule has 11 amide bonds. The number of carbonyl (C=O) groups is 13. The van der Waals surface area contributed by atoms with E-state index in [0.717, 1.165) is 123 Å². The van der Waals surface area contributed by atoms with Crippen LogP contribution in [0.5, 0.6) is 0 Å². The van der Waals surface area contributed by atoms with Crippen LogP contribution >= 0.6 is 0 Å². The Labute approximate surface area is 902 Å². The summed E-state index contributed by atoms with van der Waals surface area (Å²) in [5.74, 6) is 4.53. The number of ether oxygens (including phenoxy) is 2. The number of hydrogen-bond acceptors (Lipinski definition) is 17. The van der Waals surface area contributed by atoms with Crippen LogP contribution in [0.1, 0.15) is 397 Å². The first-order valence-electron chi connectivity index (χ1n) is 58.6. The van der Waals surface area contributed by atoms with Crippen molar-refractivity contribution in [3.05, 3.63) is 0 Å². The Morgan fingerprint density at radius 3 is 0.932 bits per heavy atom. The van der Waals surface area contributed by atoms with Gasteiger partial charge in [-0.25, -0.2) is 4.79 Å². The lowest BCUT2D eigenvalue weighted by Crippen LogP contribution is -2.50. The summed E-state index contributed by atoms with van der Waals surface area (Å²) in [5, 5.41) is 21.0. The largest absolute Gasteiger partial charge is 0.481 e. The summed E-state index contributed by atoms with van der Waals surface area (Å²) in [6, 6.07) is 3.55. The highest BCUT2D eigenvalue weighted by molar-refractivity contribution is 5.86. The van der Waals surface area contributed by atoms with E-state index in [1.807, 2.05) is 187 Å². The molecule has 0 aliphatic carbocycles. The van der Waals surface area contributed by atoms with E-state index >= 15 is 0 Å². The highest BCUT2D eigenvalue weighted by Crippen LogP contribution is 2.29. The van der Waals surface area contributed by atoms with E-state index in [0.29, 0.717) is 148 Å². The zero-order valence-corrected chi connectivity index (χ0v) is 101. The first kappa shape index (κ1) is 141. The van der Waals surface area contributed by atoms with E-state index in [1.165, 1.54) is 114 Å². The molecule has 0 aromatic carbocycles. The zero-order chi connectivity index (χ0) is 113. The van der Waals surface area contributed by atoms with Crippen LogP contribution in [0.4, 0.5) is 0 Å². The van der Waals surface area contributed by atoms with E-state index in [2.05, 4.69) is 110 Å². The Morgan fingerprint density at radius 2 is 0.615 bits per heavy atom. The third-order valence-electron chi connectivity index (χ3n) is 29.3. The van der Waals surface area contributed by atoms with Crippen LogP contribution in [0.25, 0.3) is 0 Å². The standard InChI is InChI=1S/C11H21NO.2C10H17NO3.2C10H19NO.2C9H17NO2.3C9H17NO.C8H15NO.C8H17N.C6H15N/c1-4-10-7-5-6-8-12(10)11(13)9(2)3;1-7(2)9(12)11-5-3-8(4-6-11)10(13)14;1-7(2)9(12)11-6-4-3-5-8(11)10(13)14;1-8(2)10(12)11-6-4-5-9(3)7-11;1-4-9-6-5-7-11(9)10(12)8(2)3;1-7(2)9(11)10-4-5-12-6-8(10)3;1-7(2)9(11)10-4-5-12-8(3)6-10;1-7(2)9(11)10-5-4-8(3)6-10;2*1-7(2)9(11)10-6-4-5-8(10)3;1-6(2)8(10)9-5-4-7(9)3;1-7(2)9-5-4-8(3)6-9;1-4-5-7-6(2)3/h9-10H,4-8H2,1-3H3;2*7-8H,3-6H2,1-2H3,(H,13,14);2*8-9H,4-7H2,1-3H3;2*7-8H,4-6H2,1-3H3;3*7-8H,4-6H2,1-3H3;6-7H,4-5H2,1-3H3;7-8H,4-6H2,1-3H3;6-7H,4-5H2,1-3H3/t;;;;;;;;2*8-;;;/m........10.../s1. The first-order valence-corrected chi connectivity index (χ1v) is 58.6. The zero-order valence-electron chi connectivity index (χ0n) is 101. The van der Waals surface area contributed by atoms with Gasteiger partial charge in [0.1, 0.15) is 6.04 Å². The molecule has 12 fully saturated rings. The lowest BCUT2D eigenvalue weighted by Gasteiger charge is -2.39. The minimum Gasteiger partial charge on any atom is -0.481 e. The monoisotopic (exact) mass is 2100 g/mol. The number of nitrogens with one attached hydrogen (secondary N) is 1. The molecule has 0 spiro atoms.